The second-order valence-electron chi connectivity index (χ2n) is 3.43. The van der Waals surface area contributed by atoms with Gasteiger partial charge >= 0.3 is 6.18 Å². The van der Waals surface area contributed by atoms with Crippen molar-refractivity contribution < 1.29 is 18.0 Å². The topological polar surface area (TPSA) is 32.3 Å². The molecule has 0 spiro atoms. The van der Waals surface area contributed by atoms with E-state index in [4.69, 9.17) is 0 Å². The van der Waals surface area contributed by atoms with E-state index in [0.29, 0.717) is 13.1 Å². The number of nitrogens with zero attached hydrogens (tertiary/aromatic N) is 1. The van der Waals surface area contributed by atoms with Gasteiger partial charge in [0.15, 0.2) is 0 Å². The molecule has 1 aliphatic rings. The average Bonchev–Trinajstić information content (AvgIpc) is 1.95. The average molecular weight is 210 g/mol. The lowest BCUT2D eigenvalue weighted by atomic mass is 10.1. The molecule has 0 unspecified atom stereocenters. The minimum Gasteiger partial charge on any atom is -0.340 e. The van der Waals surface area contributed by atoms with Crippen LogP contribution in [0.2, 0.25) is 0 Å². The van der Waals surface area contributed by atoms with E-state index in [9.17, 15) is 18.0 Å². The molecule has 1 amide bonds. The summed E-state index contributed by atoms with van der Waals surface area (Å²) in [5.41, 5.74) is 0. The number of hydrogen-bond acceptors (Lipinski definition) is 2. The summed E-state index contributed by atoms with van der Waals surface area (Å²) in [4.78, 5) is 12.6. The van der Waals surface area contributed by atoms with Crippen molar-refractivity contribution in [3.8, 4) is 0 Å². The highest BCUT2D eigenvalue weighted by Gasteiger charge is 2.31. The van der Waals surface area contributed by atoms with Crippen molar-refractivity contribution in [2.45, 2.75) is 25.1 Å². The van der Waals surface area contributed by atoms with Crippen molar-refractivity contribution in [2.75, 3.05) is 20.1 Å². The molecule has 1 N–H and O–H groups in total. The second-order valence-corrected chi connectivity index (χ2v) is 3.43. The summed E-state index contributed by atoms with van der Waals surface area (Å²) in [5, 5.41) is 2.95. The maximum atomic E-state index is 11.8. The predicted octanol–water partition coefficient (Wildman–Crippen LogP) is 0.759. The lowest BCUT2D eigenvalue weighted by Gasteiger charge is -2.35. The van der Waals surface area contributed by atoms with Crippen LogP contribution in [-0.4, -0.2) is 43.2 Å². The third kappa shape index (κ3) is 3.17. The van der Waals surface area contributed by atoms with E-state index in [0.717, 1.165) is 0 Å². The molecule has 82 valence electrons. The molecule has 1 fully saturated rings. The van der Waals surface area contributed by atoms with Crippen LogP contribution in [0.1, 0.15) is 12.8 Å². The molecule has 3 nitrogen and oxygen atoms in total. The Morgan fingerprint density at radius 2 is 2.07 bits per heavy atom. The van der Waals surface area contributed by atoms with Gasteiger partial charge in [-0.05, 0) is 0 Å². The third-order valence-electron chi connectivity index (χ3n) is 2.32. The molecule has 0 aromatic heterocycles. The van der Waals surface area contributed by atoms with Gasteiger partial charge in [0, 0.05) is 26.6 Å². The Balaban J connectivity index is 2.27. The number of halogens is 3. The van der Waals surface area contributed by atoms with Crippen LogP contribution in [-0.2, 0) is 4.79 Å². The fraction of sp³-hybridized carbons (Fsp3) is 0.875. The molecule has 1 aliphatic heterocycles. The van der Waals surface area contributed by atoms with E-state index >= 15 is 0 Å². The maximum absolute atomic E-state index is 11.8. The minimum atomic E-state index is -4.24. The highest BCUT2D eigenvalue weighted by molar-refractivity contribution is 5.76. The zero-order valence-electron chi connectivity index (χ0n) is 7.90. The Kier molecular flexibility index (Phi) is 3.36. The molecule has 14 heavy (non-hydrogen) atoms. The number of hydrogen-bond donors (Lipinski definition) is 1. The van der Waals surface area contributed by atoms with Crippen molar-refractivity contribution in [1.82, 2.24) is 10.2 Å². The zero-order valence-corrected chi connectivity index (χ0v) is 7.90. The number of rotatable bonds is 3. The third-order valence-corrected chi connectivity index (χ3v) is 2.32. The van der Waals surface area contributed by atoms with Crippen LogP contribution in [0.5, 0.6) is 0 Å². The minimum absolute atomic E-state index is 0.0655. The number of carbonyl (C=O) groups is 1. The molecular weight excluding hydrogens is 197 g/mol. The molecule has 0 aliphatic carbocycles. The van der Waals surface area contributed by atoms with Crippen LogP contribution >= 0.6 is 0 Å². The van der Waals surface area contributed by atoms with Crippen LogP contribution in [0.15, 0.2) is 0 Å². The van der Waals surface area contributed by atoms with Gasteiger partial charge in [0.1, 0.15) is 0 Å². The number of amides is 1. The molecule has 0 aromatic carbocycles. The molecule has 1 heterocycles. The SMILES string of the molecule is CN(C(=O)CCC(F)(F)F)C1CNC1. The lowest BCUT2D eigenvalue weighted by Crippen LogP contribution is -2.57. The van der Waals surface area contributed by atoms with E-state index in [1.807, 2.05) is 0 Å². The van der Waals surface area contributed by atoms with Crippen LogP contribution < -0.4 is 5.32 Å². The Bertz CT molecular complexity index is 213. The first-order valence-corrected chi connectivity index (χ1v) is 4.43. The van der Waals surface area contributed by atoms with E-state index in [-0.39, 0.29) is 6.04 Å². The van der Waals surface area contributed by atoms with Gasteiger partial charge < -0.3 is 10.2 Å². The van der Waals surface area contributed by atoms with Crippen LogP contribution in [0, 0.1) is 0 Å². The fourth-order valence-electron chi connectivity index (χ4n) is 1.18. The molecule has 0 aromatic rings. The highest BCUT2D eigenvalue weighted by Crippen LogP contribution is 2.22. The summed E-state index contributed by atoms with van der Waals surface area (Å²) in [7, 11) is 1.55. The molecule has 1 rings (SSSR count). The Labute approximate surface area is 80.3 Å². The van der Waals surface area contributed by atoms with Gasteiger partial charge in [-0.1, -0.05) is 0 Å². The number of likely N-dealkylation sites (N-methyl/N-ethyl adjacent to an activating group) is 1. The van der Waals surface area contributed by atoms with Gasteiger partial charge in [0.25, 0.3) is 0 Å². The van der Waals surface area contributed by atoms with Gasteiger partial charge in [-0.25, -0.2) is 0 Å². The summed E-state index contributed by atoms with van der Waals surface area (Å²) in [6, 6.07) is 0.0655. The molecular formula is C8H13F3N2O. The second kappa shape index (κ2) is 4.16. The first kappa shape index (κ1) is 11.3. The quantitative estimate of drug-likeness (QED) is 0.745. The smallest absolute Gasteiger partial charge is 0.340 e. The Hall–Kier alpha value is -0.780. The summed E-state index contributed by atoms with van der Waals surface area (Å²) < 4.78 is 35.4. The molecule has 0 atom stereocenters. The van der Waals surface area contributed by atoms with Crippen LogP contribution in [0.3, 0.4) is 0 Å². The fourth-order valence-corrected chi connectivity index (χ4v) is 1.18. The van der Waals surface area contributed by atoms with Gasteiger partial charge in [-0.2, -0.15) is 13.2 Å². The van der Waals surface area contributed by atoms with Crippen molar-refractivity contribution in [3.63, 3.8) is 0 Å². The summed E-state index contributed by atoms with van der Waals surface area (Å²) in [5.74, 6) is -0.436. The Morgan fingerprint density at radius 1 is 1.50 bits per heavy atom. The first-order chi connectivity index (χ1) is 6.40. The zero-order chi connectivity index (χ0) is 10.8. The van der Waals surface area contributed by atoms with Crippen molar-refractivity contribution >= 4 is 5.91 Å². The normalized spacial score (nSPS) is 17.7. The van der Waals surface area contributed by atoms with Crippen molar-refractivity contribution in [3.05, 3.63) is 0 Å². The lowest BCUT2D eigenvalue weighted by molar-refractivity contribution is -0.150. The highest BCUT2D eigenvalue weighted by atomic mass is 19.4. The predicted molar refractivity (Wildman–Crippen MR) is 44.7 cm³/mol. The van der Waals surface area contributed by atoms with Gasteiger partial charge in [-0.15, -0.1) is 0 Å². The number of alkyl halides is 3. The van der Waals surface area contributed by atoms with Gasteiger partial charge in [-0.3, -0.25) is 4.79 Å². The van der Waals surface area contributed by atoms with Gasteiger partial charge in [0.05, 0.1) is 12.5 Å². The van der Waals surface area contributed by atoms with Crippen LogP contribution in [0.25, 0.3) is 0 Å². The molecule has 6 heteroatoms. The standard InChI is InChI=1S/C8H13F3N2O/c1-13(6-4-12-5-6)7(14)2-3-8(9,10)11/h6,12H,2-5H2,1H3. The molecule has 0 radical (unpaired) electrons. The summed E-state index contributed by atoms with van der Waals surface area (Å²) in [6.45, 7) is 1.35. The summed E-state index contributed by atoms with van der Waals surface area (Å²) >= 11 is 0. The van der Waals surface area contributed by atoms with E-state index < -0.39 is 24.9 Å². The van der Waals surface area contributed by atoms with E-state index in [1.165, 1.54) is 4.90 Å². The summed E-state index contributed by atoms with van der Waals surface area (Å²) in [6.07, 6.45) is -5.72. The van der Waals surface area contributed by atoms with Crippen molar-refractivity contribution in [1.29, 1.82) is 0 Å². The number of carbonyl (C=O) groups excluding carboxylic acids is 1. The van der Waals surface area contributed by atoms with Crippen LogP contribution in [0.4, 0.5) is 13.2 Å². The van der Waals surface area contributed by atoms with E-state index in [2.05, 4.69) is 5.32 Å². The monoisotopic (exact) mass is 210 g/mol. The van der Waals surface area contributed by atoms with Gasteiger partial charge in [0.2, 0.25) is 5.91 Å². The number of nitrogens with one attached hydrogen (secondary N) is 1. The first-order valence-electron chi connectivity index (χ1n) is 4.43. The Morgan fingerprint density at radius 3 is 2.43 bits per heavy atom. The maximum Gasteiger partial charge on any atom is 0.389 e. The van der Waals surface area contributed by atoms with Crippen molar-refractivity contribution in [2.24, 2.45) is 0 Å². The largest absolute Gasteiger partial charge is 0.389 e. The molecule has 0 saturated carbocycles. The molecule has 1 saturated heterocycles. The van der Waals surface area contributed by atoms with E-state index in [1.54, 1.807) is 7.05 Å². The molecule has 0 bridgehead atoms.